The molecule has 10 heteroatoms. The van der Waals surface area contributed by atoms with Crippen LogP contribution in [0.1, 0.15) is 94.4 Å². The highest BCUT2D eigenvalue weighted by Crippen LogP contribution is 2.38. The molecule has 0 bridgehead atoms. The van der Waals surface area contributed by atoms with Gasteiger partial charge in [-0.25, -0.2) is 0 Å². The molecule has 3 rings (SSSR count). The lowest BCUT2D eigenvalue weighted by Crippen LogP contribution is -2.59. The number of aliphatic hydroxyl groups is 1. The van der Waals surface area contributed by atoms with E-state index in [1.807, 2.05) is 32.8 Å². The standard InChI is InChI=1S/C37H69N3O7/c1-24-20-37(9,44-13)32(47-33-30(41)29(38(10)11)18-25(2)46-33)26(3)31(42)36(7,8)34(43)45-22-28(39(12)21-24)19-27-14-16-40(17-15-27)23-35(4,5)6/h24-30,32-33,41H,14-23H2,1-13H3/t24-,25-,26+,28-,29+,30-,32-,33+,37-/m1/s1. The Labute approximate surface area is 286 Å². The van der Waals surface area contributed by atoms with Crippen LogP contribution in [0.3, 0.4) is 0 Å². The van der Waals surface area contributed by atoms with Crippen LogP contribution < -0.4 is 0 Å². The molecule has 10 nitrogen and oxygen atoms in total. The molecule has 3 aliphatic heterocycles. The van der Waals surface area contributed by atoms with Crippen molar-refractivity contribution in [1.29, 1.82) is 0 Å². The molecule has 0 radical (unpaired) electrons. The number of cyclic esters (lactones) is 1. The van der Waals surface area contributed by atoms with Crippen molar-refractivity contribution >= 4 is 11.8 Å². The molecule has 0 aromatic heterocycles. The molecular weight excluding hydrogens is 598 g/mol. The number of carbonyl (C=O) groups is 2. The van der Waals surface area contributed by atoms with E-state index >= 15 is 0 Å². The van der Waals surface area contributed by atoms with Crippen LogP contribution in [0.2, 0.25) is 0 Å². The number of nitrogens with zero attached hydrogens (tertiary/aromatic N) is 3. The summed E-state index contributed by atoms with van der Waals surface area (Å²) in [5.41, 5.74) is -2.03. The summed E-state index contributed by atoms with van der Waals surface area (Å²) < 4.78 is 25.1. The molecule has 3 fully saturated rings. The number of hydrogen-bond acceptors (Lipinski definition) is 10. The summed E-state index contributed by atoms with van der Waals surface area (Å²) in [7, 11) is 7.64. The first-order chi connectivity index (χ1) is 21.7. The Bertz CT molecular complexity index is 1020. The van der Waals surface area contributed by atoms with Crippen LogP contribution in [-0.4, -0.2) is 135 Å². The van der Waals surface area contributed by atoms with E-state index in [2.05, 4.69) is 44.5 Å². The van der Waals surface area contributed by atoms with Crippen molar-refractivity contribution in [3.05, 3.63) is 0 Å². The van der Waals surface area contributed by atoms with Crippen molar-refractivity contribution in [1.82, 2.24) is 14.7 Å². The number of esters is 1. The molecule has 3 heterocycles. The van der Waals surface area contributed by atoms with Gasteiger partial charge in [0.05, 0.1) is 17.8 Å². The molecule has 1 N–H and O–H groups in total. The third-order valence-corrected chi connectivity index (χ3v) is 11.0. The highest BCUT2D eigenvalue weighted by atomic mass is 16.7. The maximum Gasteiger partial charge on any atom is 0.319 e. The Morgan fingerprint density at radius 3 is 2.23 bits per heavy atom. The third-order valence-electron chi connectivity index (χ3n) is 11.0. The smallest absolute Gasteiger partial charge is 0.319 e. The lowest BCUT2D eigenvalue weighted by Gasteiger charge is -2.47. The van der Waals surface area contributed by atoms with E-state index < -0.39 is 41.4 Å². The maximum absolute atomic E-state index is 14.3. The van der Waals surface area contributed by atoms with Gasteiger partial charge in [0.2, 0.25) is 0 Å². The first-order valence-electron chi connectivity index (χ1n) is 18.0. The van der Waals surface area contributed by atoms with Crippen LogP contribution in [0.25, 0.3) is 0 Å². The summed E-state index contributed by atoms with van der Waals surface area (Å²) in [4.78, 5) is 34.9. The number of piperidine rings is 1. The van der Waals surface area contributed by atoms with Gasteiger partial charge in [0.25, 0.3) is 0 Å². The molecule has 3 aliphatic rings. The van der Waals surface area contributed by atoms with Crippen LogP contribution in [0.15, 0.2) is 0 Å². The molecule has 9 atom stereocenters. The van der Waals surface area contributed by atoms with Crippen LogP contribution in [0, 0.1) is 28.6 Å². The average molecular weight is 668 g/mol. The molecule has 47 heavy (non-hydrogen) atoms. The molecule has 0 amide bonds. The zero-order chi connectivity index (χ0) is 35.5. The molecule has 0 saturated carbocycles. The number of ether oxygens (including phenoxy) is 4. The molecular formula is C37H69N3O7. The fourth-order valence-corrected chi connectivity index (χ4v) is 8.27. The minimum absolute atomic E-state index is 0.0423. The number of likely N-dealkylation sites (N-methyl/N-ethyl adjacent to an activating group) is 2. The summed E-state index contributed by atoms with van der Waals surface area (Å²) in [6, 6.07) is -0.124. The number of Topliss-reactive ketones (excluding diaryl/α,β-unsaturated/α-hetero) is 1. The molecule has 0 spiro atoms. The Balaban J connectivity index is 1.88. The fraction of sp³-hybridized carbons (Fsp3) is 0.946. The maximum atomic E-state index is 14.3. The van der Waals surface area contributed by atoms with Crippen molar-refractivity contribution in [2.24, 2.45) is 28.6 Å². The second-order valence-electron chi connectivity index (χ2n) is 17.4. The zero-order valence-corrected chi connectivity index (χ0v) is 32.0. The van der Waals surface area contributed by atoms with E-state index in [1.165, 1.54) is 0 Å². The van der Waals surface area contributed by atoms with Gasteiger partial charge in [0.1, 0.15) is 18.1 Å². The van der Waals surface area contributed by atoms with Crippen LogP contribution >= 0.6 is 0 Å². The topological polar surface area (TPSA) is 101 Å². The Kier molecular flexibility index (Phi) is 13.9. The van der Waals surface area contributed by atoms with Gasteiger partial charge < -0.3 is 33.9 Å². The van der Waals surface area contributed by atoms with E-state index in [1.54, 1.807) is 27.9 Å². The normalized spacial score (nSPS) is 38.0. The second-order valence-corrected chi connectivity index (χ2v) is 17.4. The molecule has 0 unspecified atom stereocenters. The number of rotatable bonds is 7. The largest absolute Gasteiger partial charge is 0.463 e. The van der Waals surface area contributed by atoms with E-state index in [9.17, 15) is 14.7 Å². The predicted octanol–water partition coefficient (Wildman–Crippen LogP) is 4.47. The summed E-state index contributed by atoms with van der Waals surface area (Å²) in [5, 5.41) is 11.3. The molecule has 0 aliphatic carbocycles. The molecule has 0 aromatic carbocycles. The Morgan fingerprint density at radius 2 is 1.68 bits per heavy atom. The minimum atomic E-state index is -1.40. The summed E-state index contributed by atoms with van der Waals surface area (Å²) in [6.07, 6.45) is 1.67. The van der Waals surface area contributed by atoms with Gasteiger partial charge in [0.15, 0.2) is 12.1 Å². The SMILES string of the molecule is CO[C@]1(C)C[C@@H](C)CN(C)[C@H](CC2CCN(CC(C)(C)C)CC2)COC(=O)C(C)(C)C(=O)[C@H](C)[C@H]1O[C@@H]1O[C@H](C)C[C@H](N(C)C)[C@H]1O. The van der Waals surface area contributed by atoms with Gasteiger partial charge in [-0.1, -0.05) is 34.6 Å². The highest BCUT2D eigenvalue weighted by Gasteiger charge is 2.51. The second kappa shape index (κ2) is 16.3. The van der Waals surface area contributed by atoms with Gasteiger partial charge in [-0.15, -0.1) is 0 Å². The van der Waals surface area contributed by atoms with Crippen LogP contribution in [0.5, 0.6) is 0 Å². The molecule has 274 valence electrons. The van der Waals surface area contributed by atoms with Crippen molar-refractivity contribution < 1.29 is 33.6 Å². The van der Waals surface area contributed by atoms with Gasteiger partial charge >= 0.3 is 5.97 Å². The number of carbonyl (C=O) groups excluding carboxylic acids is 2. The first-order valence-corrected chi connectivity index (χ1v) is 18.0. The van der Waals surface area contributed by atoms with Crippen LogP contribution in [-0.2, 0) is 28.5 Å². The van der Waals surface area contributed by atoms with Crippen molar-refractivity contribution in [2.75, 3.05) is 61.0 Å². The third kappa shape index (κ3) is 10.4. The number of aliphatic hydroxyl groups excluding tert-OH is 1. The highest BCUT2D eigenvalue weighted by molar-refractivity contribution is 6.04. The molecule has 0 aromatic rings. The minimum Gasteiger partial charge on any atom is -0.463 e. The Morgan fingerprint density at radius 1 is 1.06 bits per heavy atom. The van der Waals surface area contributed by atoms with Gasteiger partial charge in [0, 0.05) is 38.2 Å². The quantitative estimate of drug-likeness (QED) is 0.309. The zero-order valence-electron chi connectivity index (χ0n) is 32.0. The summed E-state index contributed by atoms with van der Waals surface area (Å²) in [5.74, 6) is -0.817. The van der Waals surface area contributed by atoms with Crippen molar-refractivity contribution in [3.63, 3.8) is 0 Å². The van der Waals surface area contributed by atoms with E-state index in [0.717, 1.165) is 45.4 Å². The number of hydrogen-bond donors (Lipinski definition) is 1. The monoisotopic (exact) mass is 668 g/mol. The Hall–Kier alpha value is -1.14. The van der Waals surface area contributed by atoms with Gasteiger partial charge in [-0.2, -0.15) is 0 Å². The number of ketones is 1. The van der Waals surface area contributed by atoms with E-state index in [-0.39, 0.29) is 41.9 Å². The number of likely N-dealkylation sites (tertiary alicyclic amines) is 1. The van der Waals surface area contributed by atoms with E-state index in [0.29, 0.717) is 18.8 Å². The van der Waals surface area contributed by atoms with Crippen molar-refractivity contribution in [3.8, 4) is 0 Å². The molecule has 3 saturated heterocycles. The van der Waals surface area contributed by atoms with Crippen LogP contribution in [0.4, 0.5) is 0 Å². The van der Waals surface area contributed by atoms with Gasteiger partial charge in [-0.05, 0) is 111 Å². The predicted molar refractivity (Wildman–Crippen MR) is 185 cm³/mol. The summed E-state index contributed by atoms with van der Waals surface area (Å²) >= 11 is 0. The lowest BCUT2D eigenvalue weighted by molar-refractivity contribution is -0.295. The first kappa shape index (κ1) is 40.3. The van der Waals surface area contributed by atoms with Gasteiger partial charge in [-0.3, -0.25) is 14.5 Å². The summed E-state index contributed by atoms with van der Waals surface area (Å²) in [6.45, 7) is 22.4. The van der Waals surface area contributed by atoms with Crippen molar-refractivity contribution in [2.45, 2.75) is 137 Å². The average Bonchev–Trinajstić information content (AvgIpc) is 2.97. The fourth-order valence-electron chi connectivity index (χ4n) is 8.27. The van der Waals surface area contributed by atoms with E-state index in [4.69, 9.17) is 18.9 Å². The number of methoxy groups -OCH3 is 1. The lowest BCUT2D eigenvalue weighted by atomic mass is 9.74.